The Kier molecular flexibility index (Phi) is 4.86. The van der Waals surface area contributed by atoms with E-state index in [-0.39, 0.29) is 0 Å². The highest BCUT2D eigenvalue weighted by atomic mass is 32.1. The molecule has 0 aromatic rings. The van der Waals surface area contributed by atoms with E-state index in [1.807, 2.05) is 0 Å². The molecule has 0 fully saturated rings. The van der Waals surface area contributed by atoms with Crippen LogP contribution in [-0.4, -0.2) is 11.5 Å². The average Bonchev–Trinajstić information content (AvgIpc) is 1.89. The molecule has 0 heterocycles. The normalized spacial score (nSPS) is 12.0. The van der Waals surface area contributed by atoms with E-state index in [1.165, 1.54) is 12.8 Å². The molecule has 0 aromatic heterocycles. The third-order valence-electron chi connectivity index (χ3n) is 1.62. The van der Waals surface area contributed by atoms with Crippen molar-refractivity contribution in [2.45, 2.75) is 26.7 Å². The summed E-state index contributed by atoms with van der Waals surface area (Å²) in [5, 5.41) is 0. The molecule has 0 rings (SSSR count). The van der Waals surface area contributed by atoms with Gasteiger partial charge in [0.25, 0.3) is 0 Å². The second-order valence-electron chi connectivity index (χ2n) is 2.88. The van der Waals surface area contributed by atoms with E-state index in [9.17, 15) is 0 Å². The van der Waals surface area contributed by atoms with E-state index in [0.29, 0.717) is 5.41 Å². The molecule has 0 N–H and O–H groups in total. The fourth-order valence-corrected chi connectivity index (χ4v) is 1.53. The van der Waals surface area contributed by atoms with Crippen LogP contribution in [0.5, 0.6) is 0 Å². The molecule has 0 aliphatic heterocycles. The zero-order valence-electron chi connectivity index (χ0n) is 6.22. The summed E-state index contributed by atoms with van der Waals surface area (Å²) in [5.74, 6) is 1.90. The standard InChI is InChI=1S/C7H16S2/c1-3-4-7(2,5-8)6-9/h8-9H,3-6H2,1-2H3. The first-order valence-electron chi connectivity index (χ1n) is 3.40. The quantitative estimate of drug-likeness (QED) is 0.586. The molecule has 0 saturated carbocycles. The number of hydrogen-bond donors (Lipinski definition) is 2. The van der Waals surface area contributed by atoms with Gasteiger partial charge in [0.2, 0.25) is 0 Å². The molecule has 9 heavy (non-hydrogen) atoms. The zero-order valence-corrected chi connectivity index (χ0v) is 8.01. The minimum absolute atomic E-state index is 0.362. The molecule has 0 saturated heterocycles. The molecular formula is C7H16S2. The van der Waals surface area contributed by atoms with Crippen LogP contribution >= 0.6 is 25.3 Å². The summed E-state index contributed by atoms with van der Waals surface area (Å²) in [4.78, 5) is 0. The Hall–Kier alpha value is 0.700. The molecule has 56 valence electrons. The molecule has 0 spiro atoms. The maximum Gasteiger partial charge on any atom is -0.00360 e. The van der Waals surface area contributed by atoms with Gasteiger partial charge in [-0.25, -0.2) is 0 Å². The van der Waals surface area contributed by atoms with Gasteiger partial charge in [0.05, 0.1) is 0 Å². The zero-order chi connectivity index (χ0) is 7.33. The molecule has 0 unspecified atom stereocenters. The molecule has 0 atom stereocenters. The number of hydrogen-bond acceptors (Lipinski definition) is 2. The van der Waals surface area contributed by atoms with Crippen molar-refractivity contribution in [1.82, 2.24) is 0 Å². The number of rotatable bonds is 4. The van der Waals surface area contributed by atoms with Gasteiger partial charge in [0, 0.05) is 0 Å². The summed E-state index contributed by atoms with van der Waals surface area (Å²) in [6, 6.07) is 0. The van der Waals surface area contributed by atoms with Gasteiger partial charge < -0.3 is 0 Å². The van der Waals surface area contributed by atoms with Crippen LogP contribution in [-0.2, 0) is 0 Å². The van der Waals surface area contributed by atoms with Gasteiger partial charge in [-0.1, -0.05) is 20.3 Å². The monoisotopic (exact) mass is 164 g/mol. The van der Waals surface area contributed by atoms with Crippen molar-refractivity contribution in [3.05, 3.63) is 0 Å². The smallest absolute Gasteiger partial charge is 0.00360 e. The van der Waals surface area contributed by atoms with E-state index >= 15 is 0 Å². The maximum atomic E-state index is 4.27. The van der Waals surface area contributed by atoms with Crippen LogP contribution in [0.1, 0.15) is 26.7 Å². The van der Waals surface area contributed by atoms with Crippen molar-refractivity contribution in [2.75, 3.05) is 11.5 Å². The Labute approximate surface area is 69.2 Å². The molecule has 0 bridgehead atoms. The lowest BCUT2D eigenvalue weighted by Gasteiger charge is -2.24. The molecule has 0 nitrogen and oxygen atoms in total. The van der Waals surface area contributed by atoms with Crippen LogP contribution in [0.3, 0.4) is 0 Å². The van der Waals surface area contributed by atoms with Crippen molar-refractivity contribution in [3.8, 4) is 0 Å². The Morgan fingerprint density at radius 2 is 1.67 bits per heavy atom. The Balaban J connectivity index is 3.62. The van der Waals surface area contributed by atoms with E-state index in [4.69, 9.17) is 0 Å². The largest absolute Gasteiger partial charge is 0.179 e. The van der Waals surface area contributed by atoms with Crippen molar-refractivity contribution >= 4 is 25.3 Å². The van der Waals surface area contributed by atoms with Gasteiger partial charge in [0.1, 0.15) is 0 Å². The average molecular weight is 164 g/mol. The Morgan fingerprint density at radius 1 is 1.22 bits per heavy atom. The van der Waals surface area contributed by atoms with Crippen LogP contribution in [0, 0.1) is 5.41 Å². The summed E-state index contributed by atoms with van der Waals surface area (Å²) in [6.45, 7) is 4.43. The Bertz CT molecular complexity index is 67.3. The minimum Gasteiger partial charge on any atom is -0.179 e. The van der Waals surface area contributed by atoms with Crippen molar-refractivity contribution < 1.29 is 0 Å². The Morgan fingerprint density at radius 3 is 1.78 bits per heavy atom. The predicted molar refractivity (Wildman–Crippen MR) is 50.7 cm³/mol. The van der Waals surface area contributed by atoms with Crippen molar-refractivity contribution in [3.63, 3.8) is 0 Å². The van der Waals surface area contributed by atoms with Crippen LogP contribution < -0.4 is 0 Å². The lowest BCUT2D eigenvalue weighted by atomic mass is 9.90. The first-order chi connectivity index (χ1) is 4.18. The van der Waals surface area contributed by atoms with E-state index in [0.717, 1.165) is 11.5 Å². The molecular weight excluding hydrogens is 148 g/mol. The lowest BCUT2D eigenvalue weighted by Crippen LogP contribution is -2.19. The molecule has 0 aliphatic rings. The summed E-state index contributed by atoms with van der Waals surface area (Å²) in [6.07, 6.45) is 2.47. The first kappa shape index (κ1) is 9.70. The van der Waals surface area contributed by atoms with Gasteiger partial charge in [-0.2, -0.15) is 25.3 Å². The van der Waals surface area contributed by atoms with E-state index in [2.05, 4.69) is 39.1 Å². The fourth-order valence-electron chi connectivity index (χ4n) is 0.812. The molecule has 0 amide bonds. The SMILES string of the molecule is CCCC(C)(CS)CS. The topological polar surface area (TPSA) is 0 Å². The third kappa shape index (κ3) is 3.41. The van der Waals surface area contributed by atoms with E-state index in [1.54, 1.807) is 0 Å². The van der Waals surface area contributed by atoms with Gasteiger partial charge in [0.15, 0.2) is 0 Å². The summed E-state index contributed by atoms with van der Waals surface area (Å²) in [5.41, 5.74) is 0.362. The number of thiol groups is 2. The maximum absolute atomic E-state index is 4.27. The minimum atomic E-state index is 0.362. The molecule has 0 aromatic carbocycles. The van der Waals surface area contributed by atoms with Crippen LogP contribution in [0.15, 0.2) is 0 Å². The molecule has 2 heteroatoms. The van der Waals surface area contributed by atoms with Crippen LogP contribution in [0.2, 0.25) is 0 Å². The summed E-state index contributed by atoms with van der Waals surface area (Å²) >= 11 is 8.53. The second kappa shape index (κ2) is 4.51. The highest BCUT2D eigenvalue weighted by molar-refractivity contribution is 7.81. The molecule has 0 radical (unpaired) electrons. The van der Waals surface area contributed by atoms with Crippen molar-refractivity contribution in [1.29, 1.82) is 0 Å². The third-order valence-corrected chi connectivity index (χ3v) is 3.14. The summed E-state index contributed by atoms with van der Waals surface area (Å²) in [7, 11) is 0. The fraction of sp³-hybridized carbons (Fsp3) is 1.00. The first-order valence-corrected chi connectivity index (χ1v) is 4.67. The van der Waals surface area contributed by atoms with Crippen LogP contribution in [0.25, 0.3) is 0 Å². The highest BCUT2D eigenvalue weighted by Gasteiger charge is 2.18. The lowest BCUT2D eigenvalue weighted by molar-refractivity contribution is 0.394. The van der Waals surface area contributed by atoms with Gasteiger partial charge in [-0.3, -0.25) is 0 Å². The van der Waals surface area contributed by atoms with Gasteiger partial charge >= 0.3 is 0 Å². The molecule has 0 aliphatic carbocycles. The highest BCUT2D eigenvalue weighted by Crippen LogP contribution is 2.25. The summed E-state index contributed by atoms with van der Waals surface area (Å²) < 4.78 is 0. The van der Waals surface area contributed by atoms with E-state index < -0.39 is 0 Å². The van der Waals surface area contributed by atoms with Crippen LogP contribution in [0.4, 0.5) is 0 Å². The predicted octanol–water partition coefficient (Wildman–Crippen LogP) is 2.65. The van der Waals surface area contributed by atoms with Gasteiger partial charge in [-0.15, -0.1) is 0 Å². The van der Waals surface area contributed by atoms with Gasteiger partial charge in [-0.05, 0) is 23.3 Å². The second-order valence-corrected chi connectivity index (χ2v) is 3.51. The van der Waals surface area contributed by atoms with Crippen molar-refractivity contribution in [2.24, 2.45) is 5.41 Å².